The first-order valence-corrected chi connectivity index (χ1v) is 7.93. The van der Waals surface area contributed by atoms with Crippen molar-refractivity contribution >= 4 is 0 Å². The Morgan fingerprint density at radius 2 is 1.58 bits per heavy atom. The summed E-state index contributed by atoms with van der Waals surface area (Å²) in [6, 6.07) is 0.653. The van der Waals surface area contributed by atoms with E-state index in [1.165, 1.54) is 45.8 Å². The average molecular weight is 265 g/mol. The molecule has 2 rings (SSSR count). The molecule has 2 aliphatic heterocycles. The Morgan fingerprint density at radius 1 is 0.947 bits per heavy atom. The maximum Gasteiger partial charge on any atom is 0.0471 e. The van der Waals surface area contributed by atoms with E-state index in [9.17, 15) is 0 Å². The van der Waals surface area contributed by atoms with Crippen LogP contribution in [0.1, 0.15) is 27.7 Å². The van der Waals surface area contributed by atoms with E-state index in [1.54, 1.807) is 0 Å². The highest BCUT2D eigenvalue weighted by molar-refractivity contribution is 5.04. The van der Waals surface area contributed by atoms with Gasteiger partial charge in [-0.3, -0.25) is 4.90 Å². The summed E-state index contributed by atoms with van der Waals surface area (Å²) in [5.41, 5.74) is 0. The van der Waals surface area contributed by atoms with Crippen molar-refractivity contribution in [2.45, 2.75) is 33.7 Å². The zero-order valence-electron chi connectivity index (χ0n) is 13.2. The maximum atomic E-state index is 2.66. The molecule has 19 heavy (non-hydrogen) atoms. The van der Waals surface area contributed by atoms with Gasteiger partial charge in [-0.1, -0.05) is 27.7 Å². The lowest BCUT2D eigenvalue weighted by Crippen LogP contribution is -2.51. The third-order valence-electron chi connectivity index (χ3n) is 4.04. The normalized spacial score (nSPS) is 26.0. The number of piperazine rings is 1. The van der Waals surface area contributed by atoms with E-state index < -0.39 is 0 Å². The van der Waals surface area contributed by atoms with E-state index in [2.05, 4.69) is 54.7 Å². The zero-order valence-corrected chi connectivity index (χ0v) is 13.2. The van der Waals surface area contributed by atoms with E-state index in [4.69, 9.17) is 0 Å². The molecule has 0 saturated carbocycles. The third kappa shape index (κ3) is 4.50. The Kier molecular flexibility index (Phi) is 5.28. The Labute approximate surface area is 119 Å². The van der Waals surface area contributed by atoms with Gasteiger partial charge in [0.05, 0.1) is 0 Å². The fraction of sp³-hybridized carbons (Fsp3) is 0.875. The predicted octanol–water partition coefficient (Wildman–Crippen LogP) is 2.11. The first kappa shape index (κ1) is 14.9. The quantitative estimate of drug-likeness (QED) is 0.754. The molecule has 0 radical (unpaired) electrons. The van der Waals surface area contributed by atoms with E-state index in [1.807, 2.05) is 0 Å². The molecule has 3 heteroatoms. The smallest absolute Gasteiger partial charge is 0.0471 e. The maximum absolute atomic E-state index is 2.66. The molecule has 0 amide bonds. The molecule has 0 aliphatic carbocycles. The van der Waals surface area contributed by atoms with Crippen LogP contribution in [0, 0.1) is 11.8 Å². The van der Waals surface area contributed by atoms with Gasteiger partial charge in [-0.25, -0.2) is 0 Å². The van der Waals surface area contributed by atoms with Gasteiger partial charge < -0.3 is 9.80 Å². The van der Waals surface area contributed by atoms with Crippen molar-refractivity contribution in [3.63, 3.8) is 0 Å². The minimum Gasteiger partial charge on any atom is -0.375 e. The van der Waals surface area contributed by atoms with Crippen molar-refractivity contribution < 1.29 is 0 Å². The lowest BCUT2D eigenvalue weighted by molar-refractivity contribution is 0.0983. The molecule has 0 aromatic heterocycles. The van der Waals surface area contributed by atoms with Gasteiger partial charge >= 0.3 is 0 Å². The summed E-state index contributed by atoms with van der Waals surface area (Å²) in [6.07, 6.45) is 4.71. The van der Waals surface area contributed by atoms with Crippen LogP contribution < -0.4 is 0 Å². The van der Waals surface area contributed by atoms with Crippen LogP contribution >= 0.6 is 0 Å². The van der Waals surface area contributed by atoms with Gasteiger partial charge in [0, 0.05) is 51.9 Å². The molecule has 1 fully saturated rings. The molecule has 0 spiro atoms. The first-order valence-electron chi connectivity index (χ1n) is 7.93. The van der Waals surface area contributed by atoms with Crippen LogP contribution in [0.3, 0.4) is 0 Å². The predicted molar refractivity (Wildman–Crippen MR) is 82.2 cm³/mol. The molecular weight excluding hydrogens is 234 g/mol. The van der Waals surface area contributed by atoms with Crippen molar-refractivity contribution in [1.82, 2.24) is 14.7 Å². The molecule has 3 nitrogen and oxygen atoms in total. The van der Waals surface area contributed by atoms with Gasteiger partial charge in [-0.05, 0) is 24.1 Å². The van der Waals surface area contributed by atoms with Crippen molar-refractivity contribution in [2.75, 3.05) is 45.8 Å². The number of nitrogens with zero attached hydrogens (tertiary/aromatic N) is 3. The number of hydrogen-bond donors (Lipinski definition) is 0. The van der Waals surface area contributed by atoms with Gasteiger partial charge in [0.2, 0.25) is 0 Å². The Bertz CT molecular complexity index is 290. The molecule has 0 aromatic carbocycles. The fourth-order valence-electron chi connectivity index (χ4n) is 3.22. The third-order valence-corrected chi connectivity index (χ3v) is 4.04. The molecule has 0 aromatic rings. The lowest BCUT2D eigenvalue weighted by Gasteiger charge is -2.38. The molecule has 0 bridgehead atoms. The topological polar surface area (TPSA) is 9.72 Å². The lowest BCUT2D eigenvalue weighted by atomic mass is 10.1. The largest absolute Gasteiger partial charge is 0.375 e. The highest BCUT2D eigenvalue weighted by atomic mass is 15.3. The molecule has 1 unspecified atom stereocenters. The minimum atomic E-state index is 0.653. The second kappa shape index (κ2) is 6.76. The highest BCUT2D eigenvalue weighted by Crippen LogP contribution is 2.16. The summed E-state index contributed by atoms with van der Waals surface area (Å²) >= 11 is 0. The van der Waals surface area contributed by atoms with Crippen LogP contribution in [0.2, 0.25) is 0 Å². The zero-order chi connectivity index (χ0) is 13.8. The monoisotopic (exact) mass is 265 g/mol. The molecular formula is C16H31N3. The molecule has 1 atom stereocenters. The minimum absolute atomic E-state index is 0.653. The van der Waals surface area contributed by atoms with Gasteiger partial charge in [-0.15, -0.1) is 0 Å². The fourth-order valence-corrected chi connectivity index (χ4v) is 3.22. The van der Waals surface area contributed by atoms with Gasteiger partial charge in [0.1, 0.15) is 0 Å². The Morgan fingerprint density at radius 3 is 2.16 bits per heavy atom. The van der Waals surface area contributed by atoms with Crippen molar-refractivity contribution in [1.29, 1.82) is 0 Å². The van der Waals surface area contributed by atoms with Crippen LogP contribution in [0.25, 0.3) is 0 Å². The van der Waals surface area contributed by atoms with E-state index in [-0.39, 0.29) is 0 Å². The van der Waals surface area contributed by atoms with E-state index >= 15 is 0 Å². The van der Waals surface area contributed by atoms with Crippen LogP contribution in [0.5, 0.6) is 0 Å². The highest BCUT2D eigenvalue weighted by Gasteiger charge is 2.26. The summed E-state index contributed by atoms with van der Waals surface area (Å²) < 4.78 is 0. The summed E-state index contributed by atoms with van der Waals surface area (Å²) in [7, 11) is 0. The van der Waals surface area contributed by atoms with Gasteiger partial charge in [0.25, 0.3) is 0 Å². The average Bonchev–Trinajstić information content (AvgIpc) is 2.76. The summed E-state index contributed by atoms with van der Waals surface area (Å²) in [5.74, 6) is 1.55. The van der Waals surface area contributed by atoms with E-state index in [0.29, 0.717) is 6.04 Å². The molecule has 2 heterocycles. The second-order valence-corrected chi connectivity index (χ2v) is 6.99. The molecule has 2 aliphatic rings. The summed E-state index contributed by atoms with van der Waals surface area (Å²) in [5, 5.41) is 0. The van der Waals surface area contributed by atoms with Crippen LogP contribution in [0.4, 0.5) is 0 Å². The number of hydrogen-bond acceptors (Lipinski definition) is 3. The van der Waals surface area contributed by atoms with Crippen LogP contribution in [0.15, 0.2) is 12.3 Å². The second-order valence-electron chi connectivity index (χ2n) is 6.99. The number of rotatable bonds is 5. The first-order chi connectivity index (χ1) is 9.04. The standard InChI is InChI=1S/C16H31N3/c1-14(2)11-17-7-9-19(10-8-17)16-5-6-18(13-16)12-15(3)4/h5-6,14-16H,7-13H2,1-4H3. The SMILES string of the molecule is CC(C)CN1C=CC(N2CCN(CC(C)C)CC2)C1. The van der Waals surface area contributed by atoms with Crippen molar-refractivity contribution in [3.05, 3.63) is 12.3 Å². The van der Waals surface area contributed by atoms with Crippen LogP contribution in [-0.2, 0) is 0 Å². The van der Waals surface area contributed by atoms with Crippen molar-refractivity contribution in [3.8, 4) is 0 Å². The Hall–Kier alpha value is -0.540. The molecule has 110 valence electrons. The van der Waals surface area contributed by atoms with E-state index in [0.717, 1.165) is 11.8 Å². The van der Waals surface area contributed by atoms with Gasteiger partial charge in [0.15, 0.2) is 0 Å². The summed E-state index contributed by atoms with van der Waals surface area (Å²) in [4.78, 5) is 7.76. The molecule has 1 saturated heterocycles. The Balaban J connectivity index is 1.73. The summed E-state index contributed by atoms with van der Waals surface area (Å²) in [6.45, 7) is 17.8. The molecule has 0 N–H and O–H groups in total. The van der Waals surface area contributed by atoms with Crippen LogP contribution in [-0.4, -0.2) is 66.6 Å². The van der Waals surface area contributed by atoms with Gasteiger partial charge in [-0.2, -0.15) is 0 Å². The van der Waals surface area contributed by atoms with Crippen molar-refractivity contribution in [2.24, 2.45) is 11.8 Å².